The number of rotatable bonds is 20. The first-order chi connectivity index (χ1) is 14.5. The predicted molar refractivity (Wildman–Crippen MR) is 123 cm³/mol. The molecule has 0 spiro atoms. The number of carboxylic acid groups (broad SMARTS) is 1. The third kappa shape index (κ3) is 18.4. The zero-order chi connectivity index (χ0) is 22.5. The van der Waals surface area contributed by atoms with Gasteiger partial charge in [-0.2, -0.15) is 0 Å². The van der Waals surface area contributed by atoms with E-state index in [-0.39, 0.29) is 18.5 Å². The maximum Gasteiger partial charge on any atom is 0.323 e. The Morgan fingerprint density at radius 3 is 2.33 bits per heavy atom. The summed E-state index contributed by atoms with van der Waals surface area (Å²) in [6.07, 6.45) is 20.5. The Balaban J connectivity index is 4.20. The fourth-order valence-corrected chi connectivity index (χ4v) is 3.08. The second-order valence-corrected chi connectivity index (χ2v) is 7.88. The molecule has 0 aromatic heterocycles. The Hall–Kier alpha value is -1.66. The van der Waals surface area contributed by atoms with E-state index in [9.17, 15) is 9.59 Å². The summed E-state index contributed by atoms with van der Waals surface area (Å²) in [5.41, 5.74) is 11.4. The van der Waals surface area contributed by atoms with Gasteiger partial charge in [0.05, 0.1) is 0 Å². The van der Waals surface area contributed by atoms with Crippen LogP contribution in [-0.2, 0) is 14.3 Å². The van der Waals surface area contributed by atoms with Crippen LogP contribution in [0.25, 0.3) is 0 Å². The van der Waals surface area contributed by atoms with Crippen molar-refractivity contribution in [2.45, 2.75) is 109 Å². The van der Waals surface area contributed by atoms with Crippen molar-refractivity contribution in [3.8, 4) is 0 Å². The van der Waals surface area contributed by atoms with Gasteiger partial charge in [0.1, 0.15) is 12.1 Å². The van der Waals surface area contributed by atoms with Crippen molar-refractivity contribution in [2.24, 2.45) is 11.5 Å². The summed E-state index contributed by atoms with van der Waals surface area (Å²) in [6, 6.07) is -0.579. The van der Waals surface area contributed by atoms with Crippen molar-refractivity contribution in [1.29, 1.82) is 0 Å². The van der Waals surface area contributed by atoms with Gasteiger partial charge in [0, 0.05) is 6.42 Å². The maximum atomic E-state index is 12.2. The van der Waals surface area contributed by atoms with Gasteiger partial charge in [-0.25, -0.2) is 0 Å². The molecule has 6 nitrogen and oxygen atoms in total. The van der Waals surface area contributed by atoms with Crippen molar-refractivity contribution in [3.05, 3.63) is 24.3 Å². The number of carbonyl (C=O) groups excluding carboxylic acids is 1. The zero-order valence-electron chi connectivity index (χ0n) is 18.9. The van der Waals surface area contributed by atoms with Crippen LogP contribution in [-0.4, -0.2) is 35.7 Å². The van der Waals surface area contributed by atoms with Crippen LogP contribution < -0.4 is 11.5 Å². The Kier molecular flexibility index (Phi) is 19.5. The summed E-state index contributed by atoms with van der Waals surface area (Å²) < 4.78 is 5.63. The SMILES string of the molecule is CCCCCC(/C=C/C=C\CCCCCCCC(=O)O)OC(=O)[C@@H](N)CCCCN. The largest absolute Gasteiger partial charge is 0.481 e. The highest BCUT2D eigenvalue weighted by Gasteiger charge is 2.18. The Morgan fingerprint density at radius 1 is 0.933 bits per heavy atom. The minimum Gasteiger partial charge on any atom is -0.481 e. The van der Waals surface area contributed by atoms with E-state index in [0.29, 0.717) is 13.0 Å². The van der Waals surface area contributed by atoms with Crippen LogP contribution in [0.2, 0.25) is 0 Å². The summed E-state index contributed by atoms with van der Waals surface area (Å²) in [7, 11) is 0. The highest BCUT2D eigenvalue weighted by molar-refractivity contribution is 5.75. The fraction of sp³-hybridized carbons (Fsp3) is 0.750. The topological polar surface area (TPSA) is 116 Å². The van der Waals surface area contributed by atoms with Crippen molar-refractivity contribution >= 4 is 11.9 Å². The number of hydrogen-bond acceptors (Lipinski definition) is 5. The van der Waals surface area contributed by atoms with Crippen molar-refractivity contribution < 1.29 is 19.4 Å². The Morgan fingerprint density at radius 2 is 1.63 bits per heavy atom. The molecule has 0 aliphatic carbocycles. The molecule has 0 saturated carbocycles. The molecule has 0 saturated heterocycles. The lowest BCUT2D eigenvalue weighted by Crippen LogP contribution is -2.34. The molecule has 0 aliphatic rings. The summed E-state index contributed by atoms with van der Waals surface area (Å²) in [5.74, 6) is -1.04. The van der Waals surface area contributed by atoms with Crippen LogP contribution in [0.4, 0.5) is 0 Å². The van der Waals surface area contributed by atoms with Crippen LogP contribution in [0, 0.1) is 0 Å². The number of carboxylic acids is 1. The average molecular weight is 425 g/mol. The Bertz CT molecular complexity index is 492. The summed E-state index contributed by atoms with van der Waals surface area (Å²) in [5, 5.41) is 8.60. The number of hydrogen-bond donors (Lipinski definition) is 3. The third-order valence-electron chi connectivity index (χ3n) is 4.97. The highest BCUT2D eigenvalue weighted by atomic mass is 16.5. The van der Waals surface area contributed by atoms with Gasteiger partial charge in [-0.1, -0.05) is 63.7 Å². The predicted octanol–water partition coefficient (Wildman–Crippen LogP) is 4.86. The van der Waals surface area contributed by atoms with E-state index in [2.05, 4.69) is 13.0 Å². The fourth-order valence-electron chi connectivity index (χ4n) is 3.08. The average Bonchev–Trinajstić information content (AvgIpc) is 2.71. The van der Waals surface area contributed by atoms with E-state index in [4.69, 9.17) is 21.3 Å². The van der Waals surface area contributed by atoms with E-state index in [0.717, 1.165) is 77.0 Å². The first-order valence-electron chi connectivity index (χ1n) is 11.7. The summed E-state index contributed by atoms with van der Waals surface area (Å²) in [6.45, 7) is 2.76. The monoisotopic (exact) mass is 424 g/mol. The molecular formula is C24H44N2O4. The van der Waals surface area contributed by atoms with Crippen molar-refractivity contribution in [2.75, 3.05) is 6.54 Å². The molecule has 0 aliphatic heterocycles. The maximum absolute atomic E-state index is 12.2. The molecule has 30 heavy (non-hydrogen) atoms. The van der Waals surface area contributed by atoms with Gasteiger partial charge in [0.25, 0.3) is 0 Å². The van der Waals surface area contributed by atoms with Crippen LogP contribution in [0.15, 0.2) is 24.3 Å². The van der Waals surface area contributed by atoms with Gasteiger partial charge in [-0.05, 0) is 57.6 Å². The number of ether oxygens (including phenoxy) is 1. The number of esters is 1. The minimum atomic E-state index is -0.711. The molecule has 0 bridgehead atoms. The second-order valence-electron chi connectivity index (χ2n) is 7.88. The van der Waals surface area contributed by atoms with Crippen molar-refractivity contribution in [1.82, 2.24) is 0 Å². The van der Waals surface area contributed by atoms with Gasteiger partial charge >= 0.3 is 11.9 Å². The molecular weight excluding hydrogens is 380 g/mol. The van der Waals surface area contributed by atoms with Gasteiger partial charge < -0.3 is 21.3 Å². The molecule has 0 aromatic rings. The van der Waals surface area contributed by atoms with Crippen molar-refractivity contribution in [3.63, 3.8) is 0 Å². The molecule has 0 aromatic carbocycles. The molecule has 0 radical (unpaired) electrons. The molecule has 0 heterocycles. The summed E-state index contributed by atoms with van der Waals surface area (Å²) in [4.78, 5) is 22.7. The van der Waals surface area contributed by atoms with E-state index >= 15 is 0 Å². The van der Waals surface area contributed by atoms with Crippen LogP contribution in [0.5, 0.6) is 0 Å². The smallest absolute Gasteiger partial charge is 0.323 e. The van der Waals surface area contributed by atoms with E-state index in [1.807, 2.05) is 18.2 Å². The van der Waals surface area contributed by atoms with E-state index in [1.165, 1.54) is 0 Å². The minimum absolute atomic E-state index is 0.233. The molecule has 0 amide bonds. The van der Waals surface area contributed by atoms with Crippen LogP contribution in [0.3, 0.4) is 0 Å². The molecule has 6 heteroatoms. The van der Waals surface area contributed by atoms with Gasteiger partial charge in [-0.3, -0.25) is 9.59 Å². The van der Waals surface area contributed by atoms with Crippen LogP contribution >= 0.6 is 0 Å². The molecule has 174 valence electrons. The lowest BCUT2D eigenvalue weighted by atomic mass is 10.1. The first kappa shape index (κ1) is 28.3. The van der Waals surface area contributed by atoms with E-state index in [1.54, 1.807) is 0 Å². The standard InChI is InChI=1S/C24H44N2O4/c1-2-3-11-16-21(30-24(29)22(26)18-14-15-20-25)17-12-9-7-5-4-6-8-10-13-19-23(27)28/h7,9,12,17,21-22H,2-6,8,10-11,13-16,18-20,25-26H2,1H3,(H,27,28)/b9-7-,17-12+/t21?,22-/m0/s1. The third-order valence-corrected chi connectivity index (χ3v) is 4.97. The molecule has 2 atom stereocenters. The number of aliphatic carboxylic acids is 1. The number of allylic oxidation sites excluding steroid dienone is 3. The lowest BCUT2D eigenvalue weighted by Gasteiger charge is -2.17. The number of carbonyl (C=O) groups is 2. The number of unbranched alkanes of at least 4 members (excludes halogenated alkanes) is 8. The second kappa shape index (κ2) is 20.6. The quantitative estimate of drug-likeness (QED) is 0.146. The van der Waals surface area contributed by atoms with Crippen LogP contribution in [0.1, 0.15) is 96.8 Å². The molecule has 5 N–H and O–H groups in total. The number of nitrogens with two attached hydrogens (primary N) is 2. The lowest BCUT2D eigenvalue weighted by molar-refractivity contribution is -0.149. The Labute approximate surface area is 183 Å². The molecule has 0 rings (SSSR count). The molecule has 0 fully saturated rings. The highest BCUT2D eigenvalue weighted by Crippen LogP contribution is 2.11. The molecule has 1 unspecified atom stereocenters. The van der Waals surface area contributed by atoms with Gasteiger partial charge in [-0.15, -0.1) is 0 Å². The first-order valence-corrected chi connectivity index (χ1v) is 11.7. The van der Waals surface area contributed by atoms with Gasteiger partial charge in [0.15, 0.2) is 0 Å². The summed E-state index contributed by atoms with van der Waals surface area (Å²) >= 11 is 0. The normalized spacial score (nSPS) is 13.7. The van der Waals surface area contributed by atoms with E-state index < -0.39 is 12.0 Å². The zero-order valence-corrected chi connectivity index (χ0v) is 18.9. The van der Waals surface area contributed by atoms with Gasteiger partial charge in [0.2, 0.25) is 0 Å².